The molecule has 1 aliphatic rings. The molecule has 0 bridgehead atoms. The Balaban J connectivity index is 1.69. The molecule has 1 aromatic heterocycles. The maximum atomic E-state index is 13.0. The minimum Gasteiger partial charge on any atom is -0.360 e. The summed E-state index contributed by atoms with van der Waals surface area (Å²) in [6.45, 7) is 6.21. The average Bonchev–Trinajstić information content (AvgIpc) is 3.00. The normalized spacial score (nSPS) is 18.4. The van der Waals surface area contributed by atoms with Crippen molar-refractivity contribution in [3.05, 3.63) is 46.8 Å². The fraction of sp³-hybridized carbons (Fsp3) is 0.474. The number of sulfonamides is 1. The topological polar surface area (TPSA) is 92.5 Å². The second-order valence-electron chi connectivity index (χ2n) is 7.00. The highest BCUT2D eigenvalue weighted by molar-refractivity contribution is 7.89. The number of aromatic nitrogens is 1. The van der Waals surface area contributed by atoms with E-state index in [1.54, 1.807) is 13.8 Å². The Morgan fingerprint density at radius 3 is 2.70 bits per heavy atom. The van der Waals surface area contributed by atoms with E-state index in [0.29, 0.717) is 31.6 Å². The lowest BCUT2D eigenvalue weighted by atomic mass is 9.98. The lowest BCUT2D eigenvalue weighted by Gasteiger charge is -2.31. The van der Waals surface area contributed by atoms with E-state index in [-0.39, 0.29) is 29.0 Å². The molecule has 1 aromatic carbocycles. The van der Waals surface area contributed by atoms with Gasteiger partial charge in [-0.05, 0) is 44.7 Å². The fourth-order valence-corrected chi connectivity index (χ4v) is 5.30. The summed E-state index contributed by atoms with van der Waals surface area (Å²) in [6, 6.07) is 7.87. The second kappa shape index (κ2) is 7.82. The fourth-order valence-electron chi connectivity index (χ4n) is 3.48. The third-order valence-corrected chi connectivity index (χ3v) is 7.15. The number of carbonyl (C=O) groups is 1. The summed E-state index contributed by atoms with van der Waals surface area (Å²) in [6.07, 6.45) is 1.32. The minimum absolute atomic E-state index is 0.114. The van der Waals surface area contributed by atoms with Crippen LogP contribution in [0.15, 0.2) is 33.7 Å². The molecule has 0 saturated carbocycles. The van der Waals surface area contributed by atoms with Crippen LogP contribution >= 0.6 is 0 Å². The highest BCUT2D eigenvalue weighted by atomic mass is 32.2. The lowest BCUT2D eigenvalue weighted by molar-refractivity contribution is -0.126. The number of rotatable bonds is 5. The monoisotopic (exact) mass is 391 g/mol. The molecular formula is C19H25N3O4S. The van der Waals surface area contributed by atoms with Crippen LogP contribution in [-0.4, -0.2) is 36.9 Å². The van der Waals surface area contributed by atoms with Gasteiger partial charge < -0.3 is 9.84 Å². The average molecular weight is 391 g/mol. The van der Waals surface area contributed by atoms with Crippen LogP contribution in [0.5, 0.6) is 0 Å². The molecule has 2 heterocycles. The van der Waals surface area contributed by atoms with Crippen LogP contribution in [0.1, 0.15) is 35.4 Å². The van der Waals surface area contributed by atoms with Gasteiger partial charge in [0.1, 0.15) is 10.6 Å². The Labute approximate surface area is 159 Å². The zero-order chi connectivity index (χ0) is 19.6. The third-order valence-electron chi connectivity index (χ3n) is 5.03. The van der Waals surface area contributed by atoms with E-state index in [0.717, 1.165) is 11.1 Å². The molecule has 0 radical (unpaired) electrons. The number of amides is 1. The molecule has 146 valence electrons. The number of piperidine rings is 1. The van der Waals surface area contributed by atoms with Gasteiger partial charge in [-0.1, -0.05) is 29.4 Å². The van der Waals surface area contributed by atoms with Crippen LogP contribution in [-0.2, 0) is 21.4 Å². The Morgan fingerprint density at radius 1 is 1.30 bits per heavy atom. The van der Waals surface area contributed by atoms with Crippen LogP contribution < -0.4 is 5.32 Å². The van der Waals surface area contributed by atoms with Crippen LogP contribution in [0.25, 0.3) is 0 Å². The third kappa shape index (κ3) is 4.06. The van der Waals surface area contributed by atoms with Gasteiger partial charge in [-0.25, -0.2) is 8.42 Å². The summed E-state index contributed by atoms with van der Waals surface area (Å²) in [5.74, 6) is -0.200. The summed E-state index contributed by atoms with van der Waals surface area (Å²) in [7, 11) is -3.72. The van der Waals surface area contributed by atoms with Gasteiger partial charge in [0, 0.05) is 19.6 Å². The molecule has 8 heteroatoms. The molecule has 1 N–H and O–H groups in total. The van der Waals surface area contributed by atoms with E-state index >= 15 is 0 Å². The van der Waals surface area contributed by atoms with Crippen molar-refractivity contribution in [3.8, 4) is 0 Å². The van der Waals surface area contributed by atoms with E-state index in [1.807, 2.05) is 31.2 Å². The molecule has 1 unspecified atom stereocenters. The van der Waals surface area contributed by atoms with Gasteiger partial charge in [-0.3, -0.25) is 4.79 Å². The second-order valence-corrected chi connectivity index (χ2v) is 8.87. The summed E-state index contributed by atoms with van der Waals surface area (Å²) >= 11 is 0. The molecule has 1 fully saturated rings. The maximum absolute atomic E-state index is 13.0. The number of carbonyl (C=O) groups excluding carboxylic acids is 1. The highest BCUT2D eigenvalue weighted by Gasteiger charge is 2.36. The van der Waals surface area contributed by atoms with Gasteiger partial charge in [-0.15, -0.1) is 0 Å². The minimum atomic E-state index is -3.72. The summed E-state index contributed by atoms with van der Waals surface area (Å²) in [5.41, 5.74) is 2.52. The molecule has 3 rings (SSSR count). The number of hydrogen-bond acceptors (Lipinski definition) is 5. The highest BCUT2D eigenvalue weighted by Crippen LogP contribution is 2.27. The largest absolute Gasteiger partial charge is 0.360 e. The Bertz CT molecular complexity index is 917. The van der Waals surface area contributed by atoms with Crippen molar-refractivity contribution in [3.63, 3.8) is 0 Å². The van der Waals surface area contributed by atoms with E-state index in [4.69, 9.17) is 4.52 Å². The van der Waals surface area contributed by atoms with Crippen molar-refractivity contribution in [1.82, 2.24) is 14.8 Å². The summed E-state index contributed by atoms with van der Waals surface area (Å²) in [4.78, 5) is 12.7. The molecular weight excluding hydrogens is 366 g/mol. The number of nitrogens with zero attached hydrogens (tertiary/aromatic N) is 2. The molecule has 1 atom stereocenters. The molecule has 27 heavy (non-hydrogen) atoms. The smallest absolute Gasteiger partial charge is 0.248 e. The SMILES string of the molecule is Cc1ccccc1CNC(=O)C1CCCN(S(=O)(=O)c2c(C)noc2C)C1. The Morgan fingerprint density at radius 2 is 2.04 bits per heavy atom. The van der Waals surface area contributed by atoms with E-state index in [9.17, 15) is 13.2 Å². The van der Waals surface area contributed by atoms with Gasteiger partial charge in [0.25, 0.3) is 0 Å². The van der Waals surface area contributed by atoms with Crippen LogP contribution in [0.4, 0.5) is 0 Å². The quantitative estimate of drug-likeness (QED) is 0.844. The molecule has 2 aromatic rings. The Hall–Kier alpha value is -2.19. The van der Waals surface area contributed by atoms with Gasteiger partial charge in [-0.2, -0.15) is 4.31 Å². The Kier molecular flexibility index (Phi) is 5.67. The van der Waals surface area contributed by atoms with Crippen molar-refractivity contribution in [2.24, 2.45) is 5.92 Å². The molecule has 1 amide bonds. The van der Waals surface area contributed by atoms with Crippen molar-refractivity contribution < 1.29 is 17.7 Å². The summed E-state index contributed by atoms with van der Waals surface area (Å²) in [5, 5.41) is 6.69. The first kappa shape index (κ1) is 19.6. The van der Waals surface area contributed by atoms with Crippen LogP contribution in [0.3, 0.4) is 0 Å². The predicted molar refractivity (Wildman–Crippen MR) is 100 cm³/mol. The first-order valence-electron chi connectivity index (χ1n) is 9.06. The first-order chi connectivity index (χ1) is 12.8. The van der Waals surface area contributed by atoms with Crippen LogP contribution in [0.2, 0.25) is 0 Å². The number of aryl methyl sites for hydroxylation is 3. The number of hydrogen-bond donors (Lipinski definition) is 1. The molecule has 1 aliphatic heterocycles. The van der Waals surface area contributed by atoms with Crippen molar-refractivity contribution in [2.75, 3.05) is 13.1 Å². The van der Waals surface area contributed by atoms with E-state index < -0.39 is 10.0 Å². The number of nitrogens with one attached hydrogen (secondary N) is 1. The zero-order valence-electron chi connectivity index (χ0n) is 15.9. The van der Waals surface area contributed by atoms with Crippen LogP contribution in [0, 0.1) is 26.7 Å². The molecule has 1 saturated heterocycles. The van der Waals surface area contributed by atoms with Gasteiger partial charge >= 0.3 is 0 Å². The van der Waals surface area contributed by atoms with Gasteiger partial charge in [0.15, 0.2) is 5.76 Å². The first-order valence-corrected chi connectivity index (χ1v) is 10.5. The van der Waals surface area contributed by atoms with Gasteiger partial charge in [0.05, 0.1) is 5.92 Å². The number of benzene rings is 1. The van der Waals surface area contributed by atoms with E-state index in [1.165, 1.54) is 4.31 Å². The molecule has 7 nitrogen and oxygen atoms in total. The van der Waals surface area contributed by atoms with Crippen molar-refractivity contribution in [2.45, 2.75) is 45.1 Å². The van der Waals surface area contributed by atoms with Crippen molar-refractivity contribution >= 4 is 15.9 Å². The predicted octanol–water partition coefficient (Wildman–Crippen LogP) is 2.32. The van der Waals surface area contributed by atoms with Crippen molar-refractivity contribution in [1.29, 1.82) is 0 Å². The maximum Gasteiger partial charge on any atom is 0.248 e. The lowest BCUT2D eigenvalue weighted by Crippen LogP contribution is -2.45. The standard InChI is InChI=1S/C19H25N3O4S/c1-13-7-4-5-8-16(13)11-20-19(23)17-9-6-10-22(12-17)27(24,25)18-14(2)21-26-15(18)3/h4-5,7-8,17H,6,9-12H2,1-3H3,(H,20,23). The van der Waals surface area contributed by atoms with Gasteiger partial charge in [0.2, 0.25) is 15.9 Å². The van der Waals surface area contributed by atoms with E-state index in [2.05, 4.69) is 10.5 Å². The molecule has 0 spiro atoms. The zero-order valence-corrected chi connectivity index (χ0v) is 16.7. The summed E-state index contributed by atoms with van der Waals surface area (Å²) < 4.78 is 32.3. The molecule has 0 aliphatic carbocycles.